The number of sulfonamides is 1. The predicted molar refractivity (Wildman–Crippen MR) is 100 cm³/mol. The fourth-order valence-electron chi connectivity index (χ4n) is 2.48. The molecule has 2 N–H and O–H groups in total. The van der Waals surface area contributed by atoms with E-state index in [0.717, 1.165) is 5.56 Å². The second-order valence-electron chi connectivity index (χ2n) is 5.71. The van der Waals surface area contributed by atoms with Gasteiger partial charge >= 0.3 is 0 Å². The third-order valence-corrected chi connectivity index (χ3v) is 5.85. The molecule has 3 rings (SSSR count). The number of aromatic amines is 1. The number of rotatable bonds is 5. The van der Waals surface area contributed by atoms with Crippen molar-refractivity contribution in [3.05, 3.63) is 81.6 Å². The molecule has 1 aromatic heterocycles. The van der Waals surface area contributed by atoms with Crippen LogP contribution in [0.15, 0.2) is 70.4 Å². The van der Waals surface area contributed by atoms with Crippen LogP contribution in [0.2, 0.25) is 5.02 Å². The summed E-state index contributed by atoms with van der Waals surface area (Å²) in [5.74, 6) is 0. The number of hydrogen-bond donors (Lipinski definition) is 2. The number of benzene rings is 2. The number of hydrogen-bond acceptors (Lipinski definition) is 4. The average molecular weight is 390 g/mol. The smallest absolute Gasteiger partial charge is 0.264 e. The third-order valence-electron chi connectivity index (χ3n) is 3.83. The Labute approximate surface area is 155 Å². The summed E-state index contributed by atoms with van der Waals surface area (Å²) >= 11 is 6.13. The van der Waals surface area contributed by atoms with Crippen molar-refractivity contribution in [3.8, 4) is 11.3 Å². The number of nitrogens with zero attached hydrogens (tertiary/aromatic N) is 1. The standard InChI is InChI=1S/C18H16ClN3O3S/c1-12(13-5-3-2-4-6-13)22-26(24,25)17-11-14(7-8-15(17)19)16-9-10-18(23)21-20-16/h2-12,22H,1H3,(H,21,23)/t12-/m0/s1. The lowest BCUT2D eigenvalue weighted by Crippen LogP contribution is -2.27. The molecule has 0 saturated heterocycles. The van der Waals surface area contributed by atoms with Crippen molar-refractivity contribution in [2.75, 3.05) is 0 Å². The first-order valence-corrected chi connectivity index (χ1v) is 9.66. The van der Waals surface area contributed by atoms with Gasteiger partial charge in [-0.25, -0.2) is 18.2 Å². The summed E-state index contributed by atoms with van der Waals surface area (Å²) in [6, 6.07) is 16.2. The fourth-order valence-corrected chi connectivity index (χ4v) is 4.24. The zero-order chi connectivity index (χ0) is 18.7. The minimum atomic E-state index is -3.86. The third kappa shape index (κ3) is 4.01. The molecule has 134 valence electrons. The van der Waals surface area contributed by atoms with Crippen LogP contribution in [0.5, 0.6) is 0 Å². The van der Waals surface area contributed by atoms with E-state index in [2.05, 4.69) is 14.9 Å². The molecule has 1 heterocycles. The van der Waals surface area contributed by atoms with Crippen LogP contribution in [-0.4, -0.2) is 18.6 Å². The van der Waals surface area contributed by atoms with Crippen LogP contribution in [0.4, 0.5) is 0 Å². The summed E-state index contributed by atoms with van der Waals surface area (Å²) < 4.78 is 28.2. The number of H-pyrrole nitrogens is 1. The van der Waals surface area contributed by atoms with Gasteiger partial charge in [0.05, 0.1) is 10.7 Å². The maximum absolute atomic E-state index is 12.8. The minimum absolute atomic E-state index is 0.0487. The van der Waals surface area contributed by atoms with E-state index in [-0.39, 0.29) is 15.5 Å². The second-order valence-corrected chi connectivity index (χ2v) is 7.79. The van der Waals surface area contributed by atoms with E-state index < -0.39 is 16.1 Å². The van der Waals surface area contributed by atoms with Gasteiger partial charge in [-0.2, -0.15) is 5.10 Å². The summed E-state index contributed by atoms with van der Waals surface area (Å²) in [5, 5.41) is 6.34. The largest absolute Gasteiger partial charge is 0.268 e. The normalized spacial score (nSPS) is 12.7. The van der Waals surface area contributed by atoms with Crippen molar-refractivity contribution in [1.29, 1.82) is 0 Å². The van der Waals surface area contributed by atoms with Crippen LogP contribution in [0.3, 0.4) is 0 Å². The molecule has 0 fully saturated rings. The molecular formula is C18H16ClN3O3S. The Kier molecular flexibility index (Phi) is 5.22. The molecular weight excluding hydrogens is 374 g/mol. The Hall–Kier alpha value is -2.48. The molecule has 0 unspecified atom stereocenters. The monoisotopic (exact) mass is 389 g/mol. The van der Waals surface area contributed by atoms with Gasteiger partial charge in [0.25, 0.3) is 5.56 Å². The number of aromatic nitrogens is 2. The Morgan fingerprint density at radius 1 is 1.08 bits per heavy atom. The van der Waals surface area contributed by atoms with Crippen LogP contribution in [-0.2, 0) is 10.0 Å². The van der Waals surface area contributed by atoms with E-state index >= 15 is 0 Å². The molecule has 0 amide bonds. The summed E-state index contributed by atoms with van der Waals surface area (Å²) in [5.41, 5.74) is 1.46. The molecule has 0 bridgehead atoms. The van der Waals surface area contributed by atoms with Crippen LogP contribution in [0.1, 0.15) is 18.5 Å². The van der Waals surface area contributed by atoms with Crippen LogP contribution in [0.25, 0.3) is 11.3 Å². The van der Waals surface area contributed by atoms with Crippen LogP contribution >= 0.6 is 11.6 Å². The lowest BCUT2D eigenvalue weighted by atomic mass is 10.1. The molecule has 0 aliphatic rings. The summed E-state index contributed by atoms with van der Waals surface area (Å²) in [6.07, 6.45) is 0. The van der Waals surface area contributed by atoms with Gasteiger partial charge in [0, 0.05) is 17.7 Å². The summed E-state index contributed by atoms with van der Waals surface area (Å²) in [6.45, 7) is 1.76. The highest BCUT2D eigenvalue weighted by molar-refractivity contribution is 7.89. The molecule has 8 heteroatoms. The van der Waals surface area contributed by atoms with Crippen molar-refractivity contribution in [1.82, 2.24) is 14.9 Å². The first-order valence-electron chi connectivity index (χ1n) is 7.80. The zero-order valence-electron chi connectivity index (χ0n) is 13.8. The van der Waals surface area contributed by atoms with Gasteiger partial charge in [0.1, 0.15) is 4.90 Å². The molecule has 3 aromatic rings. The summed E-state index contributed by atoms with van der Waals surface area (Å²) in [4.78, 5) is 11.1. The Balaban J connectivity index is 1.95. The van der Waals surface area contributed by atoms with Gasteiger partial charge in [-0.1, -0.05) is 48.0 Å². The molecule has 1 atom stereocenters. The van der Waals surface area contributed by atoms with Crippen molar-refractivity contribution >= 4 is 21.6 Å². The van der Waals surface area contributed by atoms with E-state index in [1.165, 1.54) is 24.3 Å². The average Bonchev–Trinajstić information content (AvgIpc) is 2.63. The van der Waals surface area contributed by atoms with E-state index in [1.54, 1.807) is 13.0 Å². The zero-order valence-corrected chi connectivity index (χ0v) is 15.4. The summed E-state index contributed by atoms with van der Waals surface area (Å²) in [7, 11) is -3.86. The topological polar surface area (TPSA) is 91.9 Å². The Morgan fingerprint density at radius 2 is 1.81 bits per heavy atom. The van der Waals surface area contributed by atoms with Gasteiger partial charge in [0.15, 0.2) is 0 Å². The van der Waals surface area contributed by atoms with Gasteiger partial charge in [0.2, 0.25) is 10.0 Å². The quantitative estimate of drug-likeness (QED) is 0.701. The number of nitrogens with one attached hydrogen (secondary N) is 2. The van der Waals surface area contributed by atoms with Crippen molar-refractivity contribution < 1.29 is 8.42 Å². The fraction of sp³-hybridized carbons (Fsp3) is 0.111. The lowest BCUT2D eigenvalue weighted by Gasteiger charge is -2.16. The van der Waals surface area contributed by atoms with Crippen LogP contribution in [0, 0.1) is 0 Å². The second kappa shape index (κ2) is 7.41. The van der Waals surface area contributed by atoms with Crippen molar-refractivity contribution in [2.24, 2.45) is 0 Å². The highest BCUT2D eigenvalue weighted by Crippen LogP contribution is 2.28. The molecule has 0 aliphatic heterocycles. The van der Waals surface area contributed by atoms with Crippen molar-refractivity contribution in [2.45, 2.75) is 17.9 Å². The molecule has 0 aliphatic carbocycles. The molecule has 0 saturated carbocycles. The van der Waals surface area contributed by atoms with Gasteiger partial charge in [-0.3, -0.25) is 4.79 Å². The molecule has 6 nitrogen and oxygen atoms in total. The maximum Gasteiger partial charge on any atom is 0.264 e. The minimum Gasteiger partial charge on any atom is -0.268 e. The number of halogens is 1. The molecule has 0 radical (unpaired) electrons. The van der Waals surface area contributed by atoms with Gasteiger partial charge < -0.3 is 0 Å². The van der Waals surface area contributed by atoms with E-state index in [0.29, 0.717) is 11.3 Å². The first-order chi connectivity index (χ1) is 12.4. The van der Waals surface area contributed by atoms with E-state index in [1.807, 2.05) is 30.3 Å². The van der Waals surface area contributed by atoms with Crippen molar-refractivity contribution in [3.63, 3.8) is 0 Å². The van der Waals surface area contributed by atoms with Gasteiger partial charge in [-0.05, 0) is 30.7 Å². The first kappa shape index (κ1) is 18.3. The predicted octanol–water partition coefficient (Wildman–Crippen LogP) is 3.13. The molecule has 2 aromatic carbocycles. The van der Waals surface area contributed by atoms with E-state index in [9.17, 15) is 13.2 Å². The molecule has 26 heavy (non-hydrogen) atoms. The van der Waals surface area contributed by atoms with Gasteiger partial charge in [-0.15, -0.1) is 0 Å². The molecule has 0 spiro atoms. The maximum atomic E-state index is 12.8. The Morgan fingerprint density at radius 3 is 2.46 bits per heavy atom. The highest BCUT2D eigenvalue weighted by atomic mass is 35.5. The van der Waals surface area contributed by atoms with E-state index in [4.69, 9.17) is 11.6 Å². The lowest BCUT2D eigenvalue weighted by molar-refractivity contribution is 0.567. The SMILES string of the molecule is C[C@H](NS(=O)(=O)c1cc(-c2ccc(=O)[nH]n2)ccc1Cl)c1ccccc1. The van der Waals surface area contributed by atoms with Crippen LogP contribution < -0.4 is 10.3 Å². The Bertz CT molecular complexity index is 1060. The highest BCUT2D eigenvalue weighted by Gasteiger charge is 2.22.